The number of sulfonamides is 1. The lowest BCUT2D eigenvalue weighted by molar-refractivity contribution is -0.139. The minimum atomic E-state index is -4.03. The Hall–Kier alpha value is -3.65. The highest BCUT2D eigenvalue weighted by atomic mass is 32.2. The molecule has 0 spiro atoms. The van der Waals surface area contributed by atoms with Gasteiger partial charge in [0, 0.05) is 13.1 Å². The van der Waals surface area contributed by atoms with Crippen molar-refractivity contribution in [2.45, 2.75) is 38.3 Å². The van der Waals surface area contributed by atoms with Crippen LogP contribution >= 0.6 is 0 Å². The van der Waals surface area contributed by atoms with Crippen LogP contribution in [0.5, 0.6) is 0 Å². The summed E-state index contributed by atoms with van der Waals surface area (Å²) in [7, 11) is -4.03. The van der Waals surface area contributed by atoms with Gasteiger partial charge in [0.2, 0.25) is 11.8 Å². The number of carbonyl (C=O) groups excluding carboxylic acids is 2. The molecule has 0 radical (unpaired) electrons. The topological polar surface area (TPSA) is 86.8 Å². The summed E-state index contributed by atoms with van der Waals surface area (Å²) in [5.41, 5.74) is 2.23. The molecular formula is C27H31N3O4S. The summed E-state index contributed by atoms with van der Waals surface area (Å²) in [4.78, 5) is 27.9. The van der Waals surface area contributed by atoms with Crippen molar-refractivity contribution in [1.82, 2.24) is 10.2 Å². The van der Waals surface area contributed by atoms with Crippen LogP contribution in [-0.2, 0) is 26.2 Å². The van der Waals surface area contributed by atoms with Crippen LogP contribution in [0.4, 0.5) is 5.69 Å². The van der Waals surface area contributed by atoms with Crippen molar-refractivity contribution in [1.29, 1.82) is 0 Å². The lowest BCUT2D eigenvalue weighted by atomic mass is 10.1. The van der Waals surface area contributed by atoms with E-state index in [4.69, 9.17) is 0 Å². The Morgan fingerprint density at radius 2 is 1.46 bits per heavy atom. The molecule has 35 heavy (non-hydrogen) atoms. The number of carbonyl (C=O) groups is 2. The Labute approximate surface area is 207 Å². The van der Waals surface area contributed by atoms with Gasteiger partial charge in [0.1, 0.15) is 12.6 Å². The van der Waals surface area contributed by atoms with Crippen LogP contribution in [0.15, 0.2) is 89.8 Å². The summed E-state index contributed by atoms with van der Waals surface area (Å²) in [5, 5.41) is 2.76. The predicted octanol–water partition coefficient (Wildman–Crippen LogP) is 3.74. The molecule has 0 aromatic heterocycles. The number of anilines is 1. The van der Waals surface area contributed by atoms with E-state index in [0.29, 0.717) is 12.2 Å². The number of hydrogen-bond donors (Lipinski definition) is 1. The average Bonchev–Trinajstić information content (AvgIpc) is 2.87. The van der Waals surface area contributed by atoms with Gasteiger partial charge in [-0.05, 0) is 56.2 Å². The van der Waals surface area contributed by atoms with Crippen molar-refractivity contribution in [3.8, 4) is 0 Å². The first-order chi connectivity index (χ1) is 16.8. The molecule has 0 fully saturated rings. The van der Waals surface area contributed by atoms with Crippen LogP contribution in [0.3, 0.4) is 0 Å². The van der Waals surface area contributed by atoms with Crippen LogP contribution in [0.2, 0.25) is 0 Å². The summed E-state index contributed by atoms with van der Waals surface area (Å²) in [6, 6.07) is 23.3. The molecule has 0 aliphatic heterocycles. The smallest absolute Gasteiger partial charge is 0.264 e. The highest BCUT2D eigenvalue weighted by Gasteiger charge is 2.32. The number of amides is 2. The fourth-order valence-corrected chi connectivity index (χ4v) is 5.15. The summed E-state index contributed by atoms with van der Waals surface area (Å²) in [6.07, 6.45) is 0. The Morgan fingerprint density at radius 1 is 0.886 bits per heavy atom. The molecule has 3 aromatic rings. The monoisotopic (exact) mass is 493 g/mol. The lowest BCUT2D eigenvalue weighted by Crippen LogP contribution is -2.51. The molecule has 8 heteroatoms. The maximum Gasteiger partial charge on any atom is 0.264 e. The highest BCUT2D eigenvalue weighted by Crippen LogP contribution is 2.24. The predicted molar refractivity (Wildman–Crippen MR) is 137 cm³/mol. The van der Waals surface area contributed by atoms with E-state index in [1.54, 1.807) is 55.5 Å². The van der Waals surface area contributed by atoms with Gasteiger partial charge < -0.3 is 10.2 Å². The van der Waals surface area contributed by atoms with E-state index in [0.717, 1.165) is 15.4 Å². The molecule has 7 nitrogen and oxygen atoms in total. The zero-order valence-electron chi connectivity index (χ0n) is 20.2. The number of para-hydroxylation sites is 1. The van der Waals surface area contributed by atoms with E-state index in [1.165, 1.54) is 17.0 Å². The highest BCUT2D eigenvalue weighted by molar-refractivity contribution is 7.92. The van der Waals surface area contributed by atoms with Crippen LogP contribution < -0.4 is 9.62 Å². The van der Waals surface area contributed by atoms with Crippen LogP contribution in [0, 0.1) is 6.92 Å². The van der Waals surface area contributed by atoms with Gasteiger partial charge in [-0.25, -0.2) is 8.42 Å². The third-order valence-corrected chi connectivity index (χ3v) is 7.56. The number of nitrogens with zero attached hydrogens (tertiary/aromatic N) is 2. The standard InChI is InChI=1S/C27H31N3O4S/c1-4-28-27(32)22(3)29(19-23-14-12-11-13-21(23)2)26(31)20-30(24-15-7-5-8-16-24)35(33,34)25-17-9-6-10-18-25/h5-18,22H,4,19-20H2,1-3H3,(H,28,32)/t22-/m0/s1. The second-order valence-corrected chi connectivity index (χ2v) is 10.0. The quantitative estimate of drug-likeness (QED) is 0.466. The molecule has 0 aliphatic rings. The van der Waals surface area contributed by atoms with Crippen LogP contribution in [-0.4, -0.2) is 44.3 Å². The molecule has 0 aliphatic carbocycles. The second-order valence-electron chi connectivity index (χ2n) is 8.18. The number of nitrogens with one attached hydrogen (secondary N) is 1. The second kappa shape index (κ2) is 11.7. The normalized spacial score (nSPS) is 12.0. The van der Waals surface area contributed by atoms with Gasteiger partial charge >= 0.3 is 0 Å². The maximum absolute atomic E-state index is 13.7. The molecule has 2 amide bonds. The molecule has 3 aromatic carbocycles. The van der Waals surface area contributed by atoms with Gasteiger partial charge in [-0.3, -0.25) is 13.9 Å². The minimum absolute atomic E-state index is 0.0823. The van der Waals surface area contributed by atoms with Gasteiger partial charge in [-0.15, -0.1) is 0 Å². The molecule has 3 rings (SSSR count). The van der Waals surface area contributed by atoms with Crippen molar-refractivity contribution in [2.75, 3.05) is 17.4 Å². The molecule has 0 saturated heterocycles. The van der Waals surface area contributed by atoms with Gasteiger partial charge in [0.15, 0.2) is 0 Å². The molecule has 184 valence electrons. The summed E-state index contributed by atoms with van der Waals surface area (Å²) in [6.45, 7) is 5.55. The van der Waals surface area contributed by atoms with Crippen LogP contribution in [0.25, 0.3) is 0 Å². The lowest BCUT2D eigenvalue weighted by Gasteiger charge is -2.32. The van der Waals surface area contributed by atoms with Crippen molar-refractivity contribution < 1.29 is 18.0 Å². The Balaban J connectivity index is 2.00. The van der Waals surface area contributed by atoms with Gasteiger partial charge in [-0.2, -0.15) is 0 Å². The van der Waals surface area contributed by atoms with E-state index >= 15 is 0 Å². The third-order valence-electron chi connectivity index (χ3n) is 5.77. The van der Waals surface area contributed by atoms with Gasteiger partial charge in [-0.1, -0.05) is 60.7 Å². The molecule has 0 bridgehead atoms. The number of aryl methyl sites for hydroxylation is 1. The Kier molecular flexibility index (Phi) is 8.65. The summed E-state index contributed by atoms with van der Waals surface area (Å²) in [5.74, 6) is -0.776. The van der Waals surface area contributed by atoms with Crippen LogP contribution in [0.1, 0.15) is 25.0 Å². The van der Waals surface area contributed by atoms with Crippen molar-refractivity contribution >= 4 is 27.5 Å². The van der Waals surface area contributed by atoms with Crippen molar-refractivity contribution in [3.63, 3.8) is 0 Å². The molecule has 0 saturated carbocycles. The van der Waals surface area contributed by atoms with Crippen molar-refractivity contribution in [3.05, 3.63) is 96.1 Å². The van der Waals surface area contributed by atoms with E-state index in [1.807, 2.05) is 38.1 Å². The zero-order chi connectivity index (χ0) is 25.4. The average molecular weight is 494 g/mol. The van der Waals surface area contributed by atoms with Gasteiger partial charge in [0.05, 0.1) is 10.6 Å². The maximum atomic E-state index is 13.7. The molecule has 1 N–H and O–H groups in total. The fraction of sp³-hybridized carbons (Fsp3) is 0.259. The number of benzene rings is 3. The first-order valence-electron chi connectivity index (χ1n) is 11.5. The summed E-state index contributed by atoms with van der Waals surface area (Å²) >= 11 is 0. The number of hydrogen-bond acceptors (Lipinski definition) is 4. The van der Waals surface area contributed by atoms with E-state index < -0.39 is 28.5 Å². The molecule has 1 atom stereocenters. The zero-order valence-corrected chi connectivity index (χ0v) is 21.0. The fourth-order valence-electron chi connectivity index (χ4n) is 3.72. The largest absolute Gasteiger partial charge is 0.355 e. The van der Waals surface area contributed by atoms with E-state index in [9.17, 15) is 18.0 Å². The summed E-state index contributed by atoms with van der Waals surface area (Å²) < 4.78 is 28.3. The van der Waals surface area contributed by atoms with Gasteiger partial charge in [0.25, 0.3) is 10.0 Å². The first-order valence-corrected chi connectivity index (χ1v) is 12.9. The first kappa shape index (κ1) is 26.0. The Bertz CT molecular complexity index is 1250. The number of likely N-dealkylation sites (N-methyl/N-ethyl adjacent to an activating group) is 1. The third kappa shape index (κ3) is 6.27. The molecule has 0 heterocycles. The van der Waals surface area contributed by atoms with E-state index in [2.05, 4.69) is 5.32 Å². The SMILES string of the molecule is CCNC(=O)[C@H](C)N(Cc1ccccc1C)C(=O)CN(c1ccccc1)S(=O)(=O)c1ccccc1. The molecular weight excluding hydrogens is 462 g/mol. The van der Waals surface area contributed by atoms with Crippen molar-refractivity contribution in [2.24, 2.45) is 0 Å². The molecule has 0 unspecified atom stereocenters. The van der Waals surface area contributed by atoms with E-state index in [-0.39, 0.29) is 17.3 Å². The number of rotatable bonds is 10. The minimum Gasteiger partial charge on any atom is -0.355 e. The Morgan fingerprint density at radius 3 is 2.06 bits per heavy atom.